The van der Waals surface area contributed by atoms with Crippen LogP contribution in [-0.2, 0) is 4.79 Å². The molecular formula is C18H15N3O3S2. The standard InChI is InChI=1S/C18H15N3O3S2/c1-12-6-5-9-15(21(23)24)17(12)20-16(22)11-26-18-19-14(10-25-18)13-7-3-2-4-8-13/h2-10H,11H2,1H3,(H,20,22). The average molecular weight is 385 g/mol. The van der Waals surface area contributed by atoms with Gasteiger partial charge in [0.1, 0.15) is 5.69 Å². The van der Waals surface area contributed by atoms with Crippen molar-refractivity contribution in [2.75, 3.05) is 11.1 Å². The maximum atomic E-state index is 12.2. The summed E-state index contributed by atoms with van der Waals surface area (Å²) >= 11 is 2.78. The molecule has 0 fully saturated rings. The van der Waals surface area contributed by atoms with Gasteiger partial charge in [-0.05, 0) is 12.5 Å². The third kappa shape index (κ3) is 4.27. The lowest BCUT2D eigenvalue weighted by Crippen LogP contribution is -2.16. The van der Waals surface area contributed by atoms with Gasteiger partial charge in [-0.3, -0.25) is 14.9 Å². The number of thiazole rings is 1. The van der Waals surface area contributed by atoms with Gasteiger partial charge in [0.05, 0.1) is 16.4 Å². The van der Waals surface area contributed by atoms with Gasteiger partial charge >= 0.3 is 0 Å². The number of hydrogen-bond donors (Lipinski definition) is 1. The number of anilines is 1. The molecule has 132 valence electrons. The summed E-state index contributed by atoms with van der Waals surface area (Å²) < 4.78 is 0.776. The predicted octanol–water partition coefficient (Wildman–Crippen LogP) is 4.76. The fourth-order valence-electron chi connectivity index (χ4n) is 2.33. The molecule has 0 aliphatic rings. The molecule has 0 saturated carbocycles. The molecule has 0 radical (unpaired) electrons. The van der Waals surface area contributed by atoms with E-state index < -0.39 is 4.92 Å². The van der Waals surface area contributed by atoms with Crippen LogP contribution in [0.2, 0.25) is 0 Å². The fourth-order valence-corrected chi connectivity index (χ4v) is 3.97. The van der Waals surface area contributed by atoms with Crippen LogP contribution in [0, 0.1) is 17.0 Å². The Kier molecular flexibility index (Phi) is 5.65. The number of nitrogens with zero attached hydrogens (tertiary/aromatic N) is 2. The number of carbonyl (C=O) groups is 1. The van der Waals surface area contributed by atoms with Crippen LogP contribution in [0.15, 0.2) is 58.3 Å². The summed E-state index contributed by atoms with van der Waals surface area (Å²) in [6.07, 6.45) is 0. The van der Waals surface area contributed by atoms with E-state index in [9.17, 15) is 14.9 Å². The van der Waals surface area contributed by atoms with Crippen LogP contribution in [0.25, 0.3) is 11.3 Å². The van der Waals surface area contributed by atoms with Crippen LogP contribution in [0.3, 0.4) is 0 Å². The molecule has 26 heavy (non-hydrogen) atoms. The molecule has 3 aromatic rings. The fraction of sp³-hybridized carbons (Fsp3) is 0.111. The van der Waals surface area contributed by atoms with Crippen molar-refractivity contribution in [2.24, 2.45) is 0 Å². The van der Waals surface area contributed by atoms with Crippen molar-refractivity contribution in [3.05, 3.63) is 69.6 Å². The number of nitrogens with one attached hydrogen (secondary N) is 1. The monoisotopic (exact) mass is 385 g/mol. The number of aromatic nitrogens is 1. The van der Waals surface area contributed by atoms with Crippen molar-refractivity contribution in [1.82, 2.24) is 4.98 Å². The lowest BCUT2D eigenvalue weighted by molar-refractivity contribution is -0.384. The summed E-state index contributed by atoms with van der Waals surface area (Å²) in [6.45, 7) is 1.72. The third-order valence-electron chi connectivity index (χ3n) is 3.59. The van der Waals surface area contributed by atoms with Crippen molar-refractivity contribution in [2.45, 2.75) is 11.3 Å². The highest BCUT2D eigenvalue weighted by Crippen LogP contribution is 2.30. The Morgan fingerprint density at radius 1 is 1.23 bits per heavy atom. The van der Waals surface area contributed by atoms with Gasteiger partial charge in [-0.2, -0.15) is 0 Å². The normalized spacial score (nSPS) is 10.5. The molecule has 1 amide bonds. The molecule has 0 bridgehead atoms. The molecule has 6 nitrogen and oxygen atoms in total. The molecular weight excluding hydrogens is 370 g/mol. The van der Waals surface area contributed by atoms with Gasteiger partial charge in [-0.1, -0.05) is 54.2 Å². The Balaban J connectivity index is 1.64. The maximum Gasteiger partial charge on any atom is 0.293 e. The first-order chi connectivity index (χ1) is 12.5. The first-order valence-corrected chi connectivity index (χ1v) is 9.58. The van der Waals surface area contributed by atoms with E-state index in [1.165, 1.54) is 29.2 Å². The molecule has 0 aliphatic heterocycles. The van der Waals surface area contributed by atoms with E-state index in [2.05, 4.69) is 10.3 Å². The second kappa shape index (κ2) is 8.11. The highest BCUT2D eigenvalue weighted by molar-refractivity contribution is 8.01. The maximum absolute atomic E-state index is 12.2. The van der Waals surface area contributed by atoms with Gasteiger partial charge in [0.15, 0.2) is 4.34 Å². The topological polar surface area (TPSA) is 85.1 Å². The Bertz CT molecular complexity index is 942. The number of para-hydroxylation sites is 1. The number of hydrogen-bond acceptors (Lipinski definition) is 6. The number of nitro groups is 1. The first-order valence-electron chi connectivity index (χ1n) is 7.72. The van der Waals surface area contributed by atoms with Gasteiger partial charge in [0.2, 0.25) is 5.91 Å². The van der Waals surface area contributed by atoms with Crippen LogP contribution in [0.4, 0.5) is 11.4 Å². The van der Waals surface area contributed by atoms with E-state index in [1.807, 2.05) is 35.7 Å². The Hall–Kier alpha value is -2.71. The van der Waals surface area contributed by atoms with E-state index in [1.54, 1.807) is 19.1 Å². The average Bonchev–Trinajstić information content (AvgIpc) is 3.11. The summed E-state index contributed by atoms with van der Waals surface area (Å²) in [6, 6.07) is 14.5. The lowest BCUT2D eigenvalue weighted by Gasteiger charge is -2.08. The van der Waals surface area contributed by atoms with Crippen LogP contribution in [0.1, 0.15) is 5.56 Å². The largest absolute Gasteiger partial charge is 0.319 e. The van der Waals surface area contributed by atoms with Crippen molar-refractivity contribution in [3.63, 3.8) is 0 Å². The van der Waals surface area contributed by atoms with E-state index in [0.717, 1.165) is 15.6 Å². The summed E-state index contributed by atoms with van der Waals surface area (Å²) in [7, 11) is 0. The summed E-state index contributed by atoms with van der Waals surface area (Å²) in [5.74, 6) is -0.170. The zero-order valence-corrected chi connectivity index (χ0v) is 15.5. The second-order valence-electron chi connectivity index (χ2n) is 5.43. The van der Waals surface area contributed by atoms with E-state index >= 15 is 0 Å². The van der Waals surface area contributed by atoms with Gasteiger partial charge in [-0.25, -0.2) is 4.98 Å². The number of benzene rings is 2. The van der Waals surface area contributed by atoms with Gasteiger partial charge in [0.25, 0.3) is 5.69 Å². The number of rotatable bonds is 6. The lowest BCUT2D eigenvalue weighted by atomic mass is 10.1. The molecule has 2 aromatic carbocycles. The van der Waals surface area contributed by atoms with Gasteiger partial charge < -0.3 is 5.32 Å². The quantitative estimate of drug-likeness (QED) is 0.376. The van der Waals surface area contributed by atoms with Crippen LogP contribution in [-0.4, -0.2) is 21.6 Å². The molecule has 1 aromatic heterocycles. The minimum Gasteiger partial charge on any atom is -0.319 e. The summed E-state index contributed by atoms with van der Waals surface area (Å²) in [4.78, 5) is 27.3. The first kappa shape index (κ1) is 18.1. The third-order valence-corrected chi connectivity index (χ3v) is 5.61. The number of amides is 1. The number of thioether (sulfide) groups is 1. The van der Waals surface area contributed by atoms with Crippen molar-refractivity contribution < 1.29 is 9.72 Å². The zero-order chi connectivity index (χ0) is 18.5. The smallest absolute Gasteiger partial charge is 0.293 e. The van der Waals surface area contributed by atoms with E-state index in [-0.39, 0.29) is 23.0 Å². The highest BCUT2D eigenvalue weighted by atomic mass is 32.2. The minimum atomic E-state index is -0.497. The number of carbonyl (C=O) groups excluding carboxylic acids is 1. The van der Waals surface area contributed by atoms with Gasteiger partial charge in [-0.15, -0.1) is 11.3 Å². The SMILES string of the molecule is Cc1cccc([N+](=O)[O-])c1NC(=O)CSc1nc(-c2ccccc2)cs1. The van der Waals surface area contributed by atoms with Crippen molar-refractivity contribution in [1.29, 1.82) is 0 Å². The second-order valence-corrected chi connectivity index (χ2v) is 7.51. The molecule has 0 unspecified atom stereocenters. The van der Waals surface area contributed by atoms with Crippen LogP contribution < -0.4 is 5.32 Å². The number of aryl methyl sites for hydroxylation is 1. The zero-order valence-electron chi connectivity index (χ0n) is 13.8. The Labute approximate surface area is 158 Å². The van der Waals surface area contributed by atoms with Gasteiger partial charge in [0, 0.05) is 17.0 Å². The summed E-state index contributed by atoms with van der Waals surface area (Å²) in [5, 5.41) is 15.7. The van der Waals surface area contributed by atoms with E-state index in [0.29, 0.717) is 5.56 Å². The number of nitro benzene ring substituents is 1. The molecule has 0 spiro atoms. The molecule has 0 aliphatic carbocycles. The Morgan fingerprint density at radius 3 is 2.73 bits per heavy atom. The summed E-state index contributed by atoms with van der Waals surface area (Å²) in [5.41, 5.74) is 2.68. The van der Waals surface area contributed by atoms with E-state index in [4.69, 9.17) is 0 Å². The van der Waals surface area contributed by atoms with Crippen LogP contribution in [0.5, 0.6) is 0 Å². The Morgan fingerprint density at radius 2 is 2.00 bits per heavy atom. The molecule has 1 heterocycles. The van der Waals surface area contributed by atoms with Crippen LogP contribution >= 0.6 is 23.1 Å². The van der Waals surface area contributed by atoms with Crippen molar-refractivity contribution >= 4 is 40.4 Å². The molecule has 0 saturated heterocycles. The van der Waals surface area contributed by atoms with Crippen molar-refractivity contribution in [3.8, 4) is 11.3 Å². The predicted molar refractivity (Wildman–Crippen MR) is 105 cm³/mol. The molecule has 8 heteroatoms. The molecule has 0 atom stereocenters. The molecule has 3 rings (SSSR count). The highest BCUT2D eigenvalue weighted by Gasteiger charge is 2.18. The molecule has 1 N–H and O–H groups in total. The minimum absolute atomic E-state index is 0.107.